The smallest absolute Gasteiger partial charge is 0.316 e. The van der Waals surface area contributed by atoms with Crippen molar-refractivity contribution in [3.8, 4) is 0 Å². The van der Waals surface area contributed by atoms with Crippen LogP contribution >= 0.6 is 0 Å². The van der Waals surface area contributed by atoms with Crippen LogP contribution in [-0.2, 0) is 23.7 Å². The first kappa shape index (κ1) is 31.9. The van der Waals surface area contributed by atoms with E-state index in [4.69, 9.17) is 18.9 Å². The fourth-order valence-corrected chi connectivity index (χ4v) is 8.28. The van der Waals surface area contributed by atoms with Crippen LogP contribution in [0.1, 0.15) is 79.1 Å². The van der Waals surface area contributed by atoms with Crippen molar-refractivity contribution in [2.24, 2.45) is 23.7 Å². The molecule has 8 nitrogen and oxygen atoms in total. The van der Waals surface area contributed by atoms with Gasteiger partial charge in [-0.25, -0.2) is 0 Å². The molecule has 44 heavy (non-hydrogen) atoms. The Kier molecular flexibility index (Phi) is 9.14. The Morgan fingerprint density at radius 1 is 0.932 bits per heavy atom. The number of hydrogen-bond donors (Lipinski definition) is 3. The summed E-state index contributed by atoms with van der Waals surface area (Å²) in [6.45, 7) is 7.88. The van der Waals surface area contributed by atoms with Gasteiger partial charge in [0.1, 0.15) is 29.8 Å². The average Bonchev–Trinajstić information content (AvgIpc) is 3.35. The van der Waals surface area contributed by atoms with Crippen molar-refractivity contribution < 1.29 is 39.1 Å². The van der Waals surface area contributed by atoms with E-state index in [1.807, 2.05) is 32.1 Å². The van der Waals surface area contributed by atoms with E-state index in [0.29, 0.717) is 36.3 Å². The van der Waals surface area contributed by atoms with Gasteiger partial charge in [0.25, 0.3) is 0 Å². The highest BCUT2D eigenvalue weighted by Crippen LogP contribution is 2.47. The molecule has 6 rings (SSSR count). The van der Waals surface area contributed by atoms with E-state index >= 15 is 0 Å². The van der Waals surface area contributed by atoms with Crippen molar-refractivity contribution in [1.29, 1.82) is 0 Å². The molecule has 4 aliphatic heterocycles. The standard InChI is InChI=1S/C36H50O8/c1-21-9-8-12-26-20-41-33-31(38)24(4)17-29(36(26,33)40)34(39)42-28-18-27(14-13-22(2)30(21)37)43-35(19-28)16-15-23(3)32(44-35)25-10-6-5-7-11-25/h8-9,12-13,15-17,21,23,25,27-33,37-38,40H,5-7,10-11,14,18-20H2,1-4H3/b9-8+,22-13+,26-12+/t21-,23-,27+,28-,29-,30-,31+,32-,33+,35+,36+/m1/s1. The average molecular weight is 611 g/mol. The van der Waals surface area contributed by atoms with E-state index in [1.165, 1.54) is 19.3 Å². The molecule has 2 aliphatic carbocycles. The second kappa shape index (κ2) is 12.6. The summed E-state index contributed by atoms with van der Waals surface area (Å²) in [6, 6.07) is 0. The fourth-order valence-electron chi connectivity index (χ4n) is 8.28. The number of aliphatic hydroxyl groups is 3. The van der Waals surface area contributed by atoms with Crippen molar-refractivity contribution in [3.05, 3.63) is 59.3 Å². The SMILES string of the molecule is CC1=C[C@@H]2C(=O)O[C@@H]3C[C@H](C/C=C(\C)[C@H](O)[C@H](C)/C=C/C=C4\CO[C@@H]([C@H]1O)[C@]42O)O[C@]1(C=C[C@@H](C)[C@H](C2CCCCC2)O1)C3. The quantitative estimate of drug-likeness (QED) is 0.286. The van der Waals surface area contributed by atoms with Crippen LogP contribution < -0.4 is 0 Å². The number of hydrogen-bond acceptors (Lipinski definition) is 8. The van der Waals surface area contributed by atoms with Crippen LogP contribution in [-0.4, -0.2) is 75.9 Å². The summed E-state index contributed by atoms with van der Waals surface area (Å²) in [5.41, 5.74) is 0.134. The minimum Gasteiger partial charge on any atom is -0.462 e. The lowest BCUT2D eigenvalue weighted by Crippen LogP contribution is -2.58. The molecule has 1 saturated carbocycles. The third kappa shape index (κ3) is 5.94. The van der Waals surface area contributed by atoms with Crippen LogP contribution in [0.3, 0.4) is 0 Å². The summed E-state index contributed by atoms with van der Waals surface area (Å²) in [5, 5.41) is 34.2. The Labute approximate surface area is 261 Å². The van der Waals surface area contributed by atoms with Crippen LogP contribution in [0.5, 0.6) is 0 Å². The molecule has 6 aliphatic rings. The highest BCUT2D eigenvalue weighted by molar-refractivity contribution is 5.78. The highest BCUT2D eigenvalue weighted by Gasteiger charge is 2.60. The Bertz CT molecular complexity index is 1240. The van der Waals surface area contributed by atoms with E-state index in [1.54, 1.807) is 25.2 Å². The van der Waals surface area contributed by atoms with Crippen molar-refractivity contribution in [2.75, 3.05) is 6.61 Å². The van der Waals surface area contributed by atoms with Gasteiger partial charge in [0, 0.05) is 24.7 Å². The number of rotatable bonds is 1. The summed E-state index contributed by atoms with van der Waals surface area (Å²) in [6.07, 6.45) is 17.0. The van der Waals surface area contributed by atoms with Crippen LogP contribution in [0.2, 0.25) is 0 Å². The summed E-state index contributed by atoms with van der Waals surface area (Å²) < 4.78 is 25.8. The largest absolute Gasteiger partial charge is 0.462 e. The van der Waals surface area contributed by atoms with Gasteiger partial charge in [0.15, 0.2) is 5.79 Å². The molecule has 0 radical (unpaired) electrons. The third-order valence-corrected chi connectivity index (χ3v) is 11.0. The molecule has 242 valence electrons. The van der Waals surface area contributed by atoms with Crippen LogP contribution in [0, 0.1) is 23.7 Å². The maximum absolute atomic E-state index is 14.0. The van der Waals surface area contributed by atoms with Crippen molar-refractivity contribution >= 4 is 5.97 Å². The van der Waals surface area contributed by atoms with E-state index in [0.717, 1.165) is 18.4 Å². The summed E-state index contributed by atoms with van der Waals surface area (Å²) in [5.74, 6) is -2.11. The van der Waals surface area contributed by atoms with E-state index in [9.17, 15) is 20.1 Å². The van der Waals surface area contributed by atoms with Gasteiger partial charge in [-0.3, -0.25) is 4.79 Å². The molecule has 4 heterocycles. The predicted molar refractivity (Wildman–Crippen MR) is 165 cm³/mol. The molecular formula is C36H50O8. The van der Waals surface area contributed by atoms with Gasteiger partial charge in [-0.2, -0.15) is 0 Å². The number of fused-ring (bicyclic) bond motifs is 2. The topological polar surface area (TPSA) is 115 Å². The molecule has 3 N–H and O–H groups in total. The van der Waals surface area contributed by atoms with Gasteiger partial charge < -0.3 is 34.3 Å². The van der Waals surface area contributed by atoms with Crippen molar-refractivity contribution in [3.63, 3.8) is 0 Å². The monoisotopic (exact) mass is 610 g/mol. The summed E-state index contributed by atoms with van der Waals surface area (Å²) in [7, 11) is 0. The van der Waals surface area contributed by atoms with E-state index in [-0.39, 0.29) is 30.7 Å². The molecule has 0 aromatic carbocycles. The summed E-state index contributed by atoms with van der Waals surface area (Å²) >= 11 is 0. The lowest BCUT2D eigenvalue weighted by molar-refractivity contribution is -0.301. The normalized spacial score (nSPS) is 48.4. The van der Waals surface area contributed by atoms with E-state index in [2.05, 4.69) is 13.0 Å². The molecule has 1 spiro atoms. The minimum atomic E-state index is -1.76. The number of allylic oxidation sites excluding steroid dienone is 2. The van der Waals surface area contributed by atoms with Gasteiger partial charge in [0.05, 0.1) is 24.9 Å². The first-order valence-electron chi connectivity index (χ1n) is 16.7. The minimum absolute atomic E-state index is 0.0233. The number of ether oxygens (including phenoxy) is 4. The van der Waals surface area contributed by atoms with Crippen molar-refractivity contribution in [1.82, 2.24) is 0 Å². The molecule has 8 heteroatoms. The number of aliphatic hydroxyl groups excluding tert-OH is 2. The molecule has 11 atom stereocenters. The fraction of sp³-hybridized carbons (Fsp3) is 0.694. The van der Waals surface area contributed by atoms with Crippen molar-refractivity contribution in [2.45, 2.75) is 127 Å². The molecule has 0 aromatic rings. The zero-order valence-electron chi connectivity index (χ0n) is 26.6. The van der Waals surface area contributed by atoms with Gasteiger partial charge >= 0.3 is 5.97 Å². The predicted octanol–water partition coefficient (Wildman–Crippen LogP) is 4.84. The maximum atomic E-state index is 14.0. The Morgan fingerprint density at radius 3 is 2.48 bits per heavy atom. The Balaban J connectivity index is 1.36. The maximum Gasteiger partial charge on any atom is 0.316 e. The zero-order valence-corrected chi connectivity index (χ0v) is 26.6. The van der Waals surface area contributed by atoms with Gasteiger partial charge in [0.2, 0.25) is 0 Å². The zero-order chi connectivity index (χ0) is 31.2. The van der Waals surface area contributed by atoms with E-state index < -0.39 is 47.7 Å². The first-order valence-corrected chi connectivity index (χ1v) is 16.7. The Morgan fingerprint density at radius 2 is 1.70 bits per heavy atom. The third-order valence-electron chi connectivity index (χ3n) is 11.0. The first-order chi connectivity index (χ1) is 21.0. The van der Waals surface area contributed by atoms with Crippen LogP contribution in [0.25, 0.3) is 0 Å². The number of esters is 1. The molecule has 3 fully saturated rings. The Hall–Kier alpha value is -2.07. The second-order valence-corrected chi connectivity index (χ2v) is 14.2. The molecule has 0 amide bonds. The lowest BCUT2D eigenvalue weighted by Gasteiger charge is -2.49. The lowest BCUT2D eigenvalue weighted by atomic mass is 9.71. The van der Waals surface area contributed by atoms with Gasteiger partial charge in [-0.1, -0.05) is 69.6 Å². The second-order valence-electron chi connectivity index (χ2n) is 14.2. The van der Waals surface area contributed by atoms with Gasteiger partial charge in [-0.15, -0.1) is 0 Å². The van der Waals surface area contributed by atoms with Crippen LogP contribution in [0.4, 0.5) is 0 Å². The molecule has 0 unspecified atom stereocenters. The molecule has 2 bridgehead atoms. The number of carbonyl (C=O) groups is 1. The molecule has 2 saturated heterocycles. The summed E-state index contributed by atoms with van der Waals surface area (Å²) in [4.78, 5) is 14.0. The molecular weight excluding hydrogens is 560 g/mol. The van der Waals surface area contributed by atoms with Gasteiger partial charge in [-0.05, 0) is 61.8 Å². The molecule has 0 aromatic heterocycles. The number of carbonyl (C=O) groups excluding carboxylic acids is 1. The van der Waals surface area contributed by atoms with Crippen LogP contribution in [0.15, 0.2) is 59.3 Å². The highest BCUT2D eigenvalue weighted by atomic mass is 16.7.